The fourth-order valence-corrected chi connectivity index (χ4v) is 1.71. The maximum Gasteiger partial charge on any atom is 0.417 e. The topological polar surface area (TPSA) is 26.5 Å². The number of aryl methyl sites for hydroxylation is 1. The zero-order valence-corrected chi connectivity index (χ0v) is 9.38. The molecule has 0 amide bonds. The van der Waals surface area contributed by atoms with Gasteiger partial charge in [-0.25, -0.2) is 4.98 Å². The number of hydrogen-bond donors (Lipinski definition) is 0. The first-order valence-corrected chi connectivity index (χ1v) is 4.96. The number of pyridine rings is 1. The van der Waals surface area contributed by atoms with Gasteiger partial charge in [-0.1, -0.05) is 0 Å². The molecular weight excluding hydrogens is 233 g/mol. The Morgan fingerprint density at radius 2 is 2.06 bits per heavy atom. The Morgan fingerprint density at radius 3 is 2.65 bits per heavy atom. The van der Waals surface area contributed by atoms with Gasteiger partial charge in [-0.3, -0.25) is 0 Å². The van der Waals surface area contributed by atoms with Crippen LogP contribution in [0.2, 0.25) is 0 Å². The lowest BCUT2D eigenvalue weighted by Gasteiger charge is -2.10. The van der Waals surface area contributed by atoms with E-state index in [1.807, 2.05) is 0 Å². The van der Waals surface area contributed by atoms with Gasteiger partial charge in [-0.2, -0.15) is 13.2 Å². The first kappa shape index (κ1) is 11.9. The highest BCUT2D eigenvalue weighted by Crippen LogP contribution is 2.30. The summed E-state index contributed by atoms with van der Waals surface area (Å²) in [6.45, 7) is 1.83. The normalized spacial score (nSPS) is 12.3. The van der Waals surface area contributed by atoms with E-state index < -0.39 is 11.7 Å². The Labute approximate surface area is 95.8 Å². The van der Waals surface area contributed by atoms with E-state index in [1.165, 1.54) is 11.5 Å². The van der Waals surface area contributed by atoms with Crippen LogP contribution in [0.4, 0.5) is 13.2 Å². The fourth-order valence-electron chi connectivity index (χ4n) is 1.71. The first-order chi connectivity index (χ1) is 7.91. The van der Waals surface area contributed by atoms with Gasteiger partial charge in [0, 0.05) is 25.1 Å². The van der Waals surface area contributed by atoms with Gasteiger partial charge >= 0.3 is 6.18 Å². The molecule has 0 spiro atoms. The number of nitrogens with zero attached hydrogens (tertiary/aromatic N) is 2. The summed E-state index contributed by atoms with van der Waals surface area (Å²) >= 11 is 0. The van der Waals surface area contributed by atoms with Crippen molar-refractivity contribution in [3.8, 4) is 0 Å². The molecular formula is C11H11F3N2O. The van der Waals surface area contributed by atoms with Gasteiger partial charge in [0.05, 0.1) is 17.9 Å². The number of halogens is 3. The van der Waals surface area contributed by atoms with Gasteiger partial charge in [-0.05, 0) is 13.0 Å². The van der Waals surface area contributed by atoms with Crippen molar-refractivity contribution >= 4 is 5.65 Å². The van der Waals surface area contributed by atoms with E-state index in [1.54, 1.807) is 13.1 Å². The lowest BCUT2D eigenvalue weighted by atomic mass is 10.2. The second-order valence-electron chi connectivity index (χ2n) is 3.80. The minimum Gasteiger partial charge on any atom is -0.380 e. The van der Waals surface area contributed by atoms with Crippen molar-refractivity contribution in [2.45, 2.75) is 19.7 Å². The van der Waals surface area contributed by atoms with Crippen LogP contribution in [0.15, 0.2) is 18.5 Å². The Hall–Kier alpha value is -1.56. The highest BCUT2D eigenvalue weighted by atomic mass is 19.4. The summed E-state index contributed by atoms with van der Waals surface area (Å²) in [5.41, 5.74) is 0.893. The van der Waals surface area contributed by atoms with Gasteiger partial charge in [0.2, 0.25) is 0 Å². The molecule has 2 aromatic rings. The standard InChI is InChI=1S/C11H11F3N2O/c1-7-4-16-5-9(11(12,13)14)3-8(6-17-2)10(16)15-7/h3-5H,6H2,1-2H3. The number of alkyl halides is 3. The van der Waals surface area contributed by atoms with E-state index in [2.05, 4.69) is 4.98 Å². The van der Waals surface area contributed by atoms with Crippen molar-refractivity contribution in [3.63, 3.8) is 0 Å². The predicted molar refractivity (Wildman–Crippen MR) is 55.6 cm³/mol. The third kappa shape index (κ3) is 2.26. The first-order valence-electron chi connectivity index (χ1n) is 4.96. The van der Waals surface area contributed by atoms with Crippen molar-refractivity contribution < 1.29 is 17.9 Å². The Bertz CT molecular complexity index is 545. The SMILES string of the molecule is COCc1cc(C(F)(F)F)cn2cc(C)nc12. The maximum atomic E-state index is 12.7. The van der Waals surface area contributed by atoms with Crippen LogP contribution in [-0.2, 0) is 17.5 Å². The molecule has 0 unspecified atom stereocenters. The summed E-state index contributed by atoms with van der Waals surface area (Å²) in [6, 6.07) is 1.07. The number of hydrogen-bond acceptors (Lipinski definition) is 2. The van der Waals surface area contributed by atoms with Crippen LogP contribution in [0.1, 0.15) is 16.8 Å². The minimum absolute atomic E-state index is 0.101. The Balaban J connectivity index is 2.66. The molecule has 0 saturated carbocycles. The quantitative estimate of drug-likeness (QED) is 0.812. The van der Waals surface area contributed by atoms with Crippen LogP contribution in [0.3, 0.4) is 0 Å². The molecule has 92 valence electrons. The number of fused-ring (bicyclic) bond motifs is 1. The van der Waals surface area contributed by atoms with Crippen LogP contribution in [0.5, 0.6) is 0 Å². The molecule has 2 rings (SSSR count). The van der Waals surface area contributed by atoms with E-state index in [0.29, 0.717) is 16.9 Å². The summed E-state index contributed by atoms with van der Waals surface area (Å²) in [6.07, 6.45) is -1.77. The van der Waals surface area contributed by atoms with Crippen molar-refractivity contribution in [2.75, 3.05) is 7.11 Å². The minimum atomic E-state index is -4.37. The average Bonchev–Trinajstić information content (AvgIpc) is 2.57. The summed E-state index contributed by atoms with van der Waals surface area (Å²) in [4.78, 5) is 4.17. The molecule has 2 aromatic heterocycles. The molecule has 0 aliphatic carbocycles. The highest BCUT2D eigenvalue weighted by Gasteiger charge is 2.31. The third-order valence-corrected chi connectivity index (χ3v) is 2.38. The van der Waals surface area contributed by atoms with Crippen LogP contribution in [-0.4, -0.2) is 16.5 Å². The lowest BCUT2D eigenvalue weighted by Crippen LogP contribution is -2.08. The largest absolute Gasteiger partial charge is 0.417 e. The second-order valence-corrected chi connectivity index (χ2v) is 3.80. The molecule has 0 aliphatic rings. The van der Waals surface area contributed by atoms with Crippen molar-refractivity contribution in [1.82, 2.24) is 9.38 Å². The number of methoxy groups -OCH3 is 1. The number of rotatable bonds is 2. The molecule has 0 bridgehead atoms. The molecule has 0 atom stereocenters. The lowest BCUT2D eigenvalue weighted by molar-refractivity contribution is -0.137. The second kappa shape index (κ2) is 4.03. The highest BCUT2D eigenvalue weighted by molar-refractivity contribution is 5.50. The predicted octanol–water partition coefficient (Wildman–Crippen LogP) is 2.81. The molecule has 0 aliphatic heterocycles. The molecule has 3 nitrogen and oxygen atoms in total. The third-order valence-electron chi connectivity index (χ3n) is 2.38. The summed E-state index contributed by atoms with van der Waals surface area (Å²) in [5, 5.41) is 0. The van der Waals surface area contributed by atoms with Crippen LogP contribution < -0.4 is 0 Å². The number of ether oxygens (including phenoxy) is 1. The Morgan fingerprint density at radius 1 is 1.35 bits per heavy atom. The van der Waals surface area contributed by atoms with Gasteiger partial charge in [0.15, 0.2) is 0 Å². The molecule has 17 heavy (non-hydrogen) atoms. The smallest absolute Gasteiger partial charge is 0.380 e. The maximum absolute atomic E-state index is 12.7. The molecule has 2 heterocycles. The van der Waals surface area contributed by atoms with Crippen LogP contribution in [0.25, 0.3) is 5.65 Å². The van der Waals surface area contributed by atoms with Gasteiger partial charge in [0.25, 0.3) is 0 Å². The monoisotopic (exact) mass is 244 g/mol. The Kier molecular flexibility index (Phi) is 2.82. The van der Waals surface area contributed by atoms with Crippen LogP contribution >= 0.6 is 0 Å². The van der Waals surface area contributed by atoms with Gasteiger partial charge in [0.1, 0.15) is 5.65 Å². The molecule has 6 heteroatoms. The van der Waals surface area contributed by atoms with Gasteiger partial charge in [-0.15, -0.1) is 0 Å². The molecule has 0 saturated heterocycles. The summed E-state index contributed by atoms with van der Waals surface area (Å²) in [7, 11) is 1.44. The van der Waals surface area contributed by atoms with E-state index in [4.69, 9.17) is 4.74 Å². The van der Waals surface area contributed by atoms with E-state index in [9.17, 15) is 13.2 Å². The van der Waals surface area contributed by atoms with E-state index in [-0.39, 0.29) is 6.61 Å². The average molecular weight is 244 g/mol. The molecule has 0 aromatic carbocycles. The number of imidazole rings is 1. The van der Waals surface area contributed by atoms with Gasteiger partial charge < -0.3 is 9.14 Å². The van der Waals surface area contributed by atoms with Crippen LogP contribution in [0, 0.1) is 6.92 Å². The zero-order chi connectivity index (χ0) is 12.6. The molecule has 0 radical (unpaired) electrons. The summed E-state index contributed by atoms with van der Waals surface area (Å²) < 4.78 is 44.3. The molecule has 0 N–H and O–H groups in total. The van der Waals surface area contributed by atoms with Crippen molar-refractivity contribution in [2.24, 2.45) is 0 Å². The fraction of sp³-hybridized carbons (Fsp3) is 0.364. The summed E-state index contributed by atoms with van der Waals surface area (Å²) in [5.74, 6) is 0. The zero-order valence-electron chi connectivity index (χ0n) is 9.38. The van der Waals surface area contributed by atoms with E-state index >= 15 is 0 Å². The number of aromatic nitrogens is 2. The van der Waals surface area contributed by atoms with E-state index in [0.717, 1.165) is 12.3 Å². The van der Waals surface area contributed by atoms with Crippen molar-refractivity contribution in [1.29, 1.82) is 0 Å². The molecule has 0 fully saturated rings. The van der Waals surface area contributed by atoms with Crippen molar-refractivity contribution in [3.05, 3.63) is 35.3 Å².